The summed E-state index contributed by atoms with van der Waals surface area (Å²) in [6.07, 6.45) is 0. The summed E-state index contributed by atoms with van der Waals surface area (Å²) < 4.78 is 24.4. The molecule has 0 aliphatic rings. The monoisotopic (exact) mass is 313 g/mol. The van der Waals surface area contributed by atoms with E-state index in [9.17, 15) is 18.0 Å². The summed E-state index contributed by atoms with van der Waals surface area (Å²) in [5, 5.41) is 11.1. The molecule has 0 spiro atoms. The second-order valence-corrected chi connectivity index (χ2v) is 7.13. The van der Waals surface area contributed by atoms with Crippen molar-refractivity contribution in [2.45, 2.75) is 37.6 Å². The van der Waals surface area contributed by atoms with E-state index in [1.54, 1.807) is 12.1 Å². The number of rotatable bonds is 6. The van der Waals surface area contributed by atoms with Crippen molar-refractivity contribution in [1.29, 1.82) is 0 Å². The maximum Gasteiger partial charge on any atom is 0.327 e. The van der Waals surface area contributed by atoms with Gasteiger partial charge in [0.1, 0.15) is 6.04 Å². The number of carbonyl (C=O) groups excluding carboxylic acids is 1. The van der Waals surface area contributed by atoms with Crippen LogP contribution in [0, 0.1) is 0 Å². The molecule has 0 aliphatic carbocycles. The van der Waals surface area contributed by atoms with Crippen LogP contribution < -0.4 is 5.32 Å². The molecule has 6 nitrogen and oxygen atoms in total. The van der Waals surface area contributed by atoms with Gasteiger partial charge in [0.2, 0.25) is 5.91 Å². The predicted molar refractivity (Wildman–Crippen MR) is 77.8 cm³/mol. The molecule has 21 heavy (non-hydrogen) atoms. The van der Waals surface area contributed by atoms with Crippen molar-refractivity contribution >= 4 is 21.7 Å². The lowest BCUT2D eigenvalue weighted by molar-refractivity contribution is -0.140. The van der Waals surface area contributed by atoms with Crippen LogP contribution in [0.5, 0.6) is 0 Å². The summed E-state index contributed by atoms with van der Waals surface area (Å²) in [6, 6.07) is 4.85. The molecule has 1 amide bonds. The molecule has 0 saturated heterocycles. The van der Waals surface area contributed by atoms with E-state index in [0.717, 1.165) is 12.5 Å². The van der Waals surface area contributed by atoms with Crippen LogP contribution in [0.15, 0.2) is 29.2 Å². The first-order chi connectivity index (χ1) is 9.63. The lowest BCUT2D eigenvalue weighted by atomic mass is 10.0. The fourth-order valence-corrected chi connectivity index (χ4v) is 3.20. The summed E-state index contributed by atoms with van der Waals surface area (Å²) in [5.41, 5.74) is 0.991. The molecule has 1 aromatic carbocycles. The Morgan fingerprint density at radius 1 is 1.19 bits per heavy atom. The Morgan fingerprint density at radius 3 is 2.10 bits per heavy atom. The Labute approximate surface area is 124 Å². The number of carboxylic acid groups (broad SMARTS) is 1. The summed E-state index contributed by atoms with van der Waals surface area (Å²) >= 11 is 0. The third-order valence-corrected chi connectivity index (χ3v) is 4.73. The standard InChI is InChI=1S/C14H19NO5S/c1-9(2)11-4-6-12(7-5-11)21(19,20)8-13(14(17)18)15-10(3)16/h4-7,9,13H,8H2,1-3H3,(H,15,16)(H,17,18). The van der Waals surface area contributed by atoms with Gasteiger partial charge in [-0.2, -0.15) is 0 Å². The van der Waals surface area contributed by atoms with Crippen LogP contribution >= 0.6 is 0 Å². The molecule has 0 radical (unpaired) electrons. The first-order valence-electron chi connectivity index (χ1n) is 6.46. The number of hydrogen-bond donors (Lipinski definition) is 2. The lowest BCUT2D eigenvalue weighted by Crippen LogP contribution is -2.44. The fourth-order valence-electron chi connectivity index (χ4n) is 1.80. The zero-order chi connectivity index (χ0) is 16.2. The molecule has 2 N–H and O–H groups in total. The van der Waals surface area contributed by atoms with Gasteiger partial charge in [-0.1, -0.05) is 26.0 Å². The SMILES string of the molecule is CC(=O)NC(CS(=O)(=O)c1ccc(C(C)C)cc1)C(=O)O. The lowest BCUT2D eigenvalue weighted by Gasteiger charge is -2.14. The van der Waals surface area contributed by atoms with Crippen LogP contribution in [0.3, 0.4) is 0 Å². The van der Waals surface area contributed by atoms with Gasteiger partial charge in [-0.15, -0.1) is 0 Å². The topological polar surface area (TPSA) is 101 Å². The van der Waals surface area contributed by atoms with Crippen LogP contribution in [-0.2, 0) is 19.4 Å². The van der Waals surface area contributed by atoms with E-state index in [2.05, 4.69) is 5.32 Å². The highest BCUT2D eigenvalue weighted by molar-refractivity contribution is 7.91. The van der Waals surface area contributed by atoms with E-state index in [0.29, 0.717) is 0 Å². The van der Waals surface area contributed by atoms with Crippen LogP contribution in [0.2, 0.25) is 0 Å². The number of sulfone groups is 1. The van der Waals surface area contributed by atoms with Crippen LogP contribution in [0.4, 0.5) is 0 Å². The number of nitrogens with one attached hydrogen (secondary N) is 1. The smallest absolute Gasteiger partial charge is 0.327 e. The second kappa shape index (κ2) is 6.71. The minimum atomic E-state index is -3.79. The Morgan fingerprint density at radius 2 is 1.71 bits per heavy atom. The minimum Gasteiger partial charge on any atom is -0.480 e. The van der Waals surface area contributed by atoms with Gasteiger partial charge >= 0.3 is 5.97 Å². The van der Waals surface area contributed by atoms with E-state index in [1.807, 2.05) is 13.8 Å². The van der Waals surface area contributed by atoms with Gasteiger partial charge < -0.3 is 10.4 Å². The highest BCUT2D eigenvalue weighted by Crippen LogP contribution is 2.18. The summed E-state index contributed by atoms with van der Waals surface area (Å²) in [7, 11) is -3.79. The van der Waals surface area contributed by atoms with Crippen molar-refractivity contribution in [2.75, 3.05) is 5.75 Å². The molecule has 116 valence electrons. The summed E-state index contributed by atoms with van der Waals surface area (Å²) in [4.78, 5) is 22.0. The maximum atomic E-state index is 12.2. The Bertz CT molecular complexity index is 619. The number of aliphatic carboxylic acids is 1. The largest absolute Gasteiger partial charge is 0.480 e. The minimum absolute atomic E-state index is 0.0449. The molecular weight excluding hydrogens is 294 g/mol. The van der Waals surface area contributed by atoms with E-state index < -0.39 is 33.5 Å². The first kappa shape index (κ1) is 17.2. The number of amides is 1. The van der Waals surface area contributed by atoms with Crippen molar-refractivity contribution in [1.82, 2.24) is 5.32 Å². The van der Waals surface area contributed by atoms with E-state index >= 15 is 0 Å². The second-order valence-electron chi connectivity index (χ2n) is 5.10. The predicted octanol–water partition coefficient (Wildman–Crippen LogP) is 1.17. The maximum absolute atomic E-state index is 12.2. The Kier molecular flexibility index (Phi) is 5.48. The molecule has 0 saturated carbocycles. The fraction of sp³-hybridized carbons (Fsp3) is 0.429. The van der Waals surface area contributed by atoms with E-state index in [1.165, 1.54) is 12.1 Å². The van der Waals surface area contributed by atoms with Crippen LogP contribution in [-0.4, -0.2) is 37.2 Å². The summed E-state index contributed by atoms with van der Waals surface area (Å²) in [5.74, 6) is -2.38. The van der Waals surface area contributed by atoms with Gasteiger partial charge in [-0.25, -0.2) is 13.2 Å². The normalized spacial score (nSPS) is 13.0. The molecule has 0 bridgehead atoms. The molecule has 1 atom stereocenters. The molecule has 0 fully saturated rings. The zero-order valence-corrected chi connectivity index (χ0v) is 13.0. The average Bonchev–Trinajstić information content (AvgIpc) is 2.37. The Balaban J connectivity index is 2.98. The van der Waals surface area contributed by atoms with Crippen molar-refractivity contribution in [2.24, 2.45) is 0 Å². The van der Waals surface area contributed by atoms with Crippen LogP contribution in [0.25, 0.3) is 0 Å². The molecule has 1 unspecified atom stereocenters. The van der Waals surface area contributed by atoms with Gasteiger partial charge in [0.25, 0.3) is 0 Å². The molecule has 7 heteroatoms. The van der Waals surface area contributed by atoms with Crippen molar-refractivity contribution in [3.8, 4) is 0 Å². The van der Waals surface area contributed by atoms with E-state index in [4.69, 9.17) is 5.11 Å². The molecule has 1 aromatic rings. The van der Waals surface area contributed by atoms with Crippen molar-refractivity contribution in [3.63, 3.8) is 0 Å². The van der Waals surface area contributed by atoms with Crippen molar-refractivity contribution in [3.05, 3.63) is 29.8 Å². The molecule has 0 heterocycles. The number of carbonyl (C=O) groups is 2. The highest BCUT2D eigenvalue weighted by atomic mass is 32.2. The van der Waals surface area contributed by atoms with E-state index in [-0.39, 0.29) is 10.8 Å². The Hall–Kier alpha value is -1.89. The average molecular weight is 313 g/mol. The molecule has 0 aromatic heterocycles. The van der Waals surface area contributed by atoms with Gasteiger partial charge in [0, 0.05) is 6.92 Å². The van der Waals surface area contributed by atoms with Gasteiger partial charge in [0.05, 0.1) is 10.6 Å². The first-order valence-corrected chi connectivity index (χ1v) is 8.11. The summed E-state index contributed by atoms with van der Waals surface area (Å²) in [6.45, 7) is 5.11. The van der Waals surface area contributed by atoms with Crippen LogP contribution in [0.1, 0.15) is 32.3 Å². The molecule has 1 rings (SSSR count). The third-order valence-electron chi connectivity index (χ3n) is 2.97. The number of hydrogen-bond acceptors (Lipinski definition) is 4. The van der Waals surface area contributed by atoms with Gasteiger partial charge in [-0.05, 0) is 23.6 Å². The number of benzene rings is 1. The van der Waals surface area contributed by atoms with Crippen molar-refractivity contribution < 1.29 is 23.1 Å². The third kappa shape index (κ3) is 4.86. The van der Waals surface area contributed by atoms with Gasteiger partial charge in [0.15, 0.2) is 9.84 Å². The molecular formula is C14H19NO5S. The quantitative estimate of drug-likeness (QED) is 0.821. The molecule has 0 aliphatic heterocycles. The van der Waals surface area contributed by atoms with Gasteiger partial charge in [-0.3, -0.25) is 4.79 Å². The highest BCUT2D eigenvalue weighted by Gasteiger charge is 2.27. The zero-order valence-electron chi connectivity index (χ0n) is 12.2. The number of carboxylic acids is 1.